The average molecular weight is 374 g/mol. The molecule has 0 aliphatic carbocycles. The Labute approximate surface area is 147 Å². The topological polar surface area (TPSA) is 47.6 Å². The minimum absolute atomic E-state index is 0.0183. The summed E-state index contributed by atoms with van der Waals surface area (Å²) in [4.78, 5) is 12.3. The van der Waals surface area contributed by atoms with Gasteiger partial charge in [-0.15, -0.1) is 0 Å². The van der Waals surface area contributed by atoms with E-state index in [1.54, 1.807) is 6.92 Å². The van der Waals surface area contributed by atoms with Crippen molar-refractivity contribution in [3.8, 4) is 11.5 Å². The summed E-state index contributed by atoms with van der Waals surface area (Å²) in [5, 5.41) is 2.57. The molecule has 0 fully saturated rings. The monoisotopic (exact) mass is 373 g/mol. The average Bonchev–Trinajstić information content (AvgIpc) is 2.54. The summed E-state index contributed by atoms with van der Waals surface area (Å²) in [5.74, 6) is -0.0735. The van der Waals surface area contributed by atoms with Crippen molar-refractivity contribution in [2.75, 3.05) is 19.0 Å². The molecule has 2 aromatic rings. The lowest BCUT2D eigenvalue weighted by molar-refractivity contribution is -0.137. The lowest BCUT2D eigenvalue weighted by Gasteiger charge is -2.13. The maximum atomic E-state index is 12.7. The fourth-order valence-electron chi connectivity index (χ4n) is 2.14. The molecule has 0 aliphatic rings. The van der Waals surface area contributed by atoms with E-state index in [9.17, 15) is 18.0 Å². The number of carbonyl (C=O) groups is 1. The van der Waals surface area contributed by atoms with Gasteiger partial charge < -0.3 is 14.8 Å². The van der Waals surface area contributed by atoms with Gasteiger partial charge in [-0.25, -0.2) is 0 Å². The van der Waals surface area contributed by atoms with Gasteiger partial charge in [-0.1, -0.05) is 17.7 Å². The van der Waals surface area contributed by atoms with Gasteiger partial charge in [0, 0.05) is 11.3 Å². The van der Waals surface area contributed by atoms with Gasteiger partial charge in [0.2, 0.25) is 0 Å². The van der Waals surface area contributed by atoms with E-state index in [0.29, 0.717) is 6.61 Å². The molecule has 0 bridgehead atoms. The molecule has 1 N–H and O–H groups in total. The van der Waals surface area contributed by atoms with Gasteiger partial charge in [-0.05, 0) is 37.3 Å². The van der Waals surface area contributed by atoms with Crippen molar-refractivity contribution in [3.63, 3.8) is 0 Å². The highest BCUT2D eigenvalue weighted by atomic mass is 35.5. The number of nitrogens with one attached hydrogen (secondary N) is 1. The molecule has 8 heteroatoms. The van der Waals surface area contributed by atoms with E-state index in [1.165, 1.54) is 31.4 Å². The SMILES string of the molecule is CCOc1cc(C(=O)Nc2cccc(C(F)(F)F)c2)cc(Cl)c1OC. The Balaban J connectivity index is 2.30. The number of amides is 1. The second-order valence-corrected chi connectivity index (χ2v) is 5.36. The maximum Gasteiger partial charge on any atom is 0.416 e. The molecule has 0 atom stereocenters. The van der Waals surface area contributed by atoms with Crippen LogP contribution in [0.5, 0.6) is 11.5 Å². The second kappa shape index (κ2) is 7.65. The van der Waals surface area contributed by atoms with Crippen LogP contribution in [0, 0.1) is 0 Å². The molecule has 0 aliphatic heterocycles. The molecule has 134 valence electrons. The molecular formula is C17H15ClF3NO3. The second-order valence-electron chi connectivity index (χ2n) is 4.96. The van der Waals surface area contributed by atoms with Crippen LogP contribution in [-0.4, -0.2) is 19.6 Å². The summed E-state index contributed by atoms with van der Waals surface area (Å²) in [6.45, 7) is 2.08. The van der Waals surface area contributed by atoms with Crippen molar-refractivity contribution < 1.29 is 27.4 Å². The fourth-order valence-corrected chi connectivity index (χ4v) is 2.42. The quantitative estimate of drug-likeness (QED) is 0.800. The number of ether oxygens (including phenoxy) is 2. The van der Waals surface area contributed by atoms with Crippen LogP contribution in [0.4, 0.5) is 18.9 Å². The Morgan fingerprint density at radius 2 is 1.96 bits per heavy atom. The lowest BCUT2D eigenvalue weighted by atomic mass is 10.1. The third kappa shape index (κ3) is 4.57. The van der Waals surface area contributed by atoms with Crippen molar-refractivity contribution in [3.05, 3.63) is 52.5 Å². The van der Waals surface area contributed by atoms with Gasteiger partial charge in [-0.3, -0.25) is 4.79 Å². The summed E-state index contributed by atoms with van der Waals surface area (Å²) in [7, 11) is 1.41. The van der Waals surface area contributed by atoms with E-state index in [4.69, 9.17) is 21.1 Å². The minimum atomic E-state index is -4.49. The molecule has 0 radical (unpaired) electrons. The largest absolute Gasteiger partial charge is 0.491 e. The van der Waals surface area contributed by atoms with Crippen molar-refractivity contribution in [1.82, 2.24) is 0 Å². The normalized spacial score (nSPS) is 11.1. The maximum absolute atomic E-state index is 12.7. The third-order valence-corrected chi connectivity index (χ3v) is 3.50. The number of benzene rings is 2. The molecule has 0 spiro atoms. The Hall–Kier alpha value is -2.41. The molecule has 0 saturated heterocycles. The third-order valence-electron chi connectivity index (χ3n) is 3.22. The van der Waals surface area contributed by atoms with Crippen LogP contribution in [0.25, 0.3) is 0 Å². The van der Waals surface area contributed by atoms with Gasteiger partial charge in [-0.2, -0.15) is 13.2 Å². The number of anilines is 1. The van der Waals surface area contributed by atoms with E-state index >= 15 is 0 Å². The summed E-state index contributed by atoms with van der Waals surface area (Å²) in [6.07, 6.45) is -4.49. The van der Waals surface area contributed by atoms with Crippen LogP contribution in [-0.2, 0) is 6.18 Å². The van der Waals surface area contributed by atoms with Crippen molar-refractivity contribution in [2.45, 2.75) is 13.1 Å². The Morgan fingerprint density at radius 1 is 1.24 bits per heavy atom. The molecule has 2 aromatic carbocycles. The first-order chi connectivity index (χ1) is 11.8. The Kier molecular flexibility index (Phi) is 5.79. The van der Waals surface area contributed by atoms with Crippen molar-refractivity contribution >= 4 is 23.2 Å². The lowest BCUT2D eigenvalue weighted by Crippen LogP contribution is -2.13. The fraction of sp³-hybridized carbons (Fsp3) is 0.235. The zero-order chi connectivity index (χ0) is 18.6. The van der Waals surface area contributed by atoms with Gasteiger partial charge in [0.25, 0.3) is 5.91 Å². The molecule has 0 aromatic heterocycles. The van der Waals surface area contributed by atoms with Gasteiger partial charge in [0.15, 0.2) is 11.5 Å². The van der Waals surface area contributed by atoms with Crippen LogP contribution in [0.2, 0.25) is 5.02 Å². The van der Waals surface area contributed by atoms with Crippen LogP contribution in [0.1, 0.15) is 22.8 Å². The summed E-state index contributed by atoms with van der Waals surface area (Å²) < 4.78 is 48.7. The highest BCUT2D eigenvalue weighted by Crippen LogP contribution is 2.36. The predicted octanol–water partition coefficient (Wildman–Crippen LogP) is 5.02. The number of rotatable bonds is 5. The first kappa shape index (κ1) is 18.9. The smallest absolute Gasteiger partial charge is 0.416 e. The number of halogens is 4. The van der Waals surface area contributed by atoms with Crippen LogP contribution in [0.3, 0.4) is 0 Å². The summed E-state index contributed by atoms with van der Waals surface area (Å²) in [6, 6.07) is 7.12. The first-order valence-corrected chi connectivity index (χ1v) is 7.63. The number of alkyl halides is 3. The van der Waals surface area contributed by atoms with Gasteiger partial charge in [0.05, 0.1) is 24.3 Å². The molecule has 0 saturated carbocycles. The van der Waals surface area contributed by atoms with E-state index in [-0.39, 0.29) is 27.8 Å². The van der Waals surface area contributed by atoms with E-state index in [0.717, 1.165) is 12.1 Å². The minimum Gasteiger partial charge on any atom is -0.491 e. The Morgan fingerprint density at radius 3 is 2.56 bits per heavy atom. The molecule has 0 unspecified atom stereocenters. The van der Waals surface area contributed by atoms with Crippen LogP contribution >= 0.6 is 11.6 Å². The van der Waals surface area contributed by atoms with Crippen LogP contribution in [0.15, 0.2) is 36.4 Å². The molecule has 2 rings (SSSR count). The first-order valence-electron chi connectivity index (χ1n) is 7.25. The molecule has 4 nitrogen and oxygen atoms in total. The molecule has 25 heavy (non-hydrogen) atoms. The molecule has 1 amide bonds. The number of carbonyl (C=O) groups excluding carboxylic acids is 1. The highest BCUT2D eigenvalue weighted by Gasteiger charge is 2.30. The number of hydrogen-bond acceptors (Lipinski definition) is 3. The number of methoxy groups -OCH3 is 1. The van der Waals surface area contributed by atoms with Gasteiger partial charge >= 0.3 is 6.18 Å². The van der Waals surface area contributed by atoms with E-state index in [1.807, 2.05) is 0 Å². The summed E-state index contributed by atoms with van der Waals surface area (Å²) >= 11 is 6.07. The Bertz CT molecular complexity index is 778. The van der Waals surface area contributed by atoms with Crippen LogP contribution < -0.4 is 14.8 Å². The molecular weight excluding hydrogens is 359 g/mol. The predicted molar refractivity (Wildman–Crippen MR) is 88.6 cm³/mol. The standard InChI is InChI=1S/C17H15ClF3NO3/c1-3-25-14-8-10(7-13(18)15(14)24-2)16(23)22-12-6-4-5-11(9-12)17(19,20)21/h4-9H,3H2,1-2H3,(H,22,23). The highest BCUT2D eigenvalue weighted by molar-refractivity contribution is 6.32. The zero-order valence-electron chi connectivity index (χ0n) is 13.4. The van der Waals surface area contributed by atoms with Gasteiger partial charge in [0.1, 0.15) is 0 Å². The zero-order valence-corrected chi connectivity index (χ0v) is 14.2. The van der Waals surface area contributed by atoms with Crippen molar-refractivity contribution in [2.24, 2.45) is 0 Å². The number of hydrogen-bond donors (Lipinski definition) is 1. The van der Waals surface area contributed by atoms with E-state index < -0.39 is 17.6 Å². The van der Waals surface area contributed by atoms with Crippen molar-refractivity contribution in [1.29, 1.82) is 0 Å². The molecule has 0 heterocycles. The summed E-state index contributed by atoms with van der Waals surface area (Å²) in [5.41, 5.74) is -0.704. The van der Waals surface area contributed by atoms with E-state index in [2.05, 4.69) is 5.32 Å².